The van der Waals surface area contributed by atoms with Gasteiger partial charge >= 0.3 is 0 Å². The highest BCUT2D eigenvalue weighted by Gasteiger charge is 2.31. The van der Waals surface area contributed by atoms with Crippen LogP contribution < -0.4 is 5.32 Å². The first-order valence-corrected chi connectivity index (χ1v) is 7.95. The van der Waals surface area contributed by atoms with Crippen LogP contribution in [0.15, 0.2) is 60.7 Å². The number of rotatable bonds is 4. The molecule has 0 aromatic heterocycles. The second-order valence-electron chi connectivity index (χ2n) is 6.13. The van der Waals surface area contributed by atoms with Gasteiger partial charge in [0.2, 0.25) is 5.91 Å². The zero-order valence-electron chi connectivity index (χ0n) is 13.0. The van der Waals surface area contributed by atoms with Crippen LogP contribution in [-0.4, -0.2) is 23.2 Å². The van der Waals surface area contributed by atoms with Gasteiger partial charge in [-0.1, -0.05) is 54.6 Å². The molecule has 0 heterocycles. The van der Waals surface area contributed by atoms with Crippen LogP contribution in [0, 0.1) is 0 Å². The lowest BCUT2D eigenvalue weighted by Crippen LogP contribution is -2.46. The molecule has 0 spiro atoms. The number of benzene rings is 2. The molecule has 118 valence electrons. The summed E-state index contributed by atoms with van der Waals surface area (Å²) in [7, 11) is 0. The zero-order chi connectivity index (χ0) is 16.1. The van der Waals surface area contributed by atoms with E-state index < -0.39 is 5.60 Å². The maximum atomic E-state index is 11.9. The van der Waals surface area contributed by atoms with Crippen LogP contribution in [0.1, 0.15) is 23.1 Å². The Labute approximate surface area is 136 Å². The van der Waals surface area contributed by atoms with E-state index in [4.69, 9.17) is 0 Å². The maximum Gasteiger partial charge on any atom is 0.244 e. The van der Waals surface area contributed by atoms with Gasteiger partial charge < -0.3 is 10.4 Å². The summed E-state index contributed by atoms with van der Waals surface area (Å²) >= 11 is 0. The summed E-state index contributed by atoms with van der Waals surface area (Å²) in [5, 5.41) is 13.5. The van der Waals surface area contributed by atoms with Crippen LogP contribution in [0.25, 0.3) is 6.08 Å². The molecule has 0 aliphatic heterocycles. The lowest BCUT2D eigenvalue weighted by molar-refractivity contribution is -0.117. The zero-order valence-corrected chi connectivity index (χ0v) is 13.0. The number of aliphatic hydroxyl groups is 1. The normalized spacial score (nSPS) is 20.2. The molecule has 1 aliphatic carbocycles. The summed E-state index contributed by atoms with van der Waals surface area (Å²) in [5.74, 6) is -0.180. The van der Waals surface area contributed by atoms with Gasteiger partial charge in [-0.2, -0.15) is 0 Å². The summed E-state index contributed by atoms with van der Waals surface area (Å²) in [4.78, 5) is 11.9. The number of aryl methyl sites for hydroxylation is 1. The lowest BCUT2D eigenvalue weighted by Gasteiger charge is -2.33. The minimum Gasteiger partial charge on any atom is -0.388 e. The molecule has 1 unspecified atom stereocenters. The third-order valence-electron chi connectivity index (χ3n) is 4.32. The van der Waals surface area contributed by atoms with Gasteiger partial charge in [-0.05, 0) is 35.6 Å². The van der Waals surface area contributed by atoms with E-state index >= 15 is 0 Å². The van der Waals surface area contributed by atoms with Crippen molar-refractivity contribution in [3.8, 4) is 0 Å². The van der Waals surface area contributed by atoms with Crippen LogP contribution in [-0.2, 0) is 17.6 Å². The Morgan fingerprint density at radius 3 is 2.57 bits per heavy atom. The summed E-state index contributed by atoms with van der Waals surface area (Å²) in [5.41, 5.74) is 2.60. The van der Waals surface area contributed by atoms with Crippen molar-refractivity contribution < 1.29 is 9.90 Å². The molecule has 0 fully saturated rings. The number of nitrogens with one attached hydrogen (secondary N) is 1. The van der Waals surface area contributed by atoms with Gasteiger partial charge in [0, 0.05) is 19.0 Å². The van der Waals surface area contributed by atoms with Crippen molar-refractivity contribution in [1.29, 1.82) is 0 Å². The molecule has 3 rings (SSSR count). The van der Waals surface area contributed by atoms with E-state index in [0.717, 1.165) is 12.0 Å². The number of hydrogen-bond acceptors (Lipinski definition) is 2. The molecule has 0 saturated heterocycles. The molecule has 0 radical (unpaired) electrons. The summed E-state index contributed by atoms with van der Waals surface area (Å²) in [6.07, 6.45) is 5.39. The number of carbonyl (C=O) groups excluding carboxylic acids is 1. The Bertz CT molecular complexity index is 709. The average molecular weight is 307 g/mol. The molecule has 3 heteroatoms. The van der Waals surface area contributed by atoms with Gasteiger partial charge in [0.15, 0.2) is 0 Å². The SMILES string of the molecule is O=C(C=Cc1ccccc1)NCC1(O)CCc2ccccc2C1. The third kappa shape index (κ3) is 4.08. The van der Waals surface area contributed by atoms with Crippen molar-refractivity contribution in [2.75, 3.05) is 6.54 Å². The predicted molar refractivity (Wildman–Crippen MR) is 91.9 cm³/mol. The third-order valence-corrected chi connectivity index (χ3v) is 4.32. The van der Waals surface area contributed by atoms with E-state index in [-0.39, 0.29) is 12.5 Å². The number of fused-ring (bicyclic) bond motifs is 1. The lowest BCUT2D eigenvalue weighted by atomic mass is 9.80. The van der Waals surface area contributed by atoms with Crippen molar-refractivity contribution in [2.45, 2.75) is 24.9 Å². The van der Waals surface area contributed by atoms with Gasteiger partial charge in [-0.3, -0.25) is 4.79 Å². The van der Waals surface area contributed by atoms with E-state index in [1.54, 1.807) is 6.08 Å². The Hall–Kier alpha value is -2.39. The molecule has 3 nitrogen and oxygen atoms in total. The second kappa shape index (κ2) is 6.80. The van der Waals surface area contributed by atoms with Crippen molar-refractivity contribution in [3.05, 3.63) is 77.4 Å². The van der Waals surface area contributed by atoms with Gasteiger partial charge in [-0.15, -0.1) is 0 Å². The molecule has 2 N–H and O–H groups in total. The first-order valence-electron chi connectivity index (χ1n) is 7.95. The first-order chi connectivity index (χ1) is 11.1. The van der Waals surface area contributed by atoms with E-state index in [2.05, 4.69) is 17.4 Å². The standard InChI is InChI=1S/C20H21NO2/c22-19(11-10-16-6-2-1-3-7-16)21-15-20(23)13-12-17-8-4-5-9-18(17)14-20/h1-11,23H,12-15H2,(H,21,22). The van der Waals surface area contributed by atoms with Crippen LogP contribution >= 0.6 is 0 Å². The van der Waals surface area contributed by atoms with E-state index in [0.29, 0.717) is 12.8 Å². The van der Waals surface area contributed by atoms with Crippen molar-refractivity contribution in [2.24, 2.45) is 0 Å². The molecular weight excluding hydrogens is 286 g/mol. The minimum atomic E-state index is -0.857. The van der Waals surface area contributed by atoms with E-state index in [9.17, 15) is 9.90 Å². The van der Waals surface area contributed by atoms with Gasteiger partial charge in [0.25, 0.3) is 0 Å². The molecule has 1 amide bonds. The highest BCUT2D eigenvalue weighted by Crippen LogP contribution is 2.28. The number of carbonyl (C=O) groups is 1. The molecule has 2 aromatic rings. The van der Waals surface area contributed by atoms with Crippen LogP contribution in [0.4, 0.5) is 0 Å². The number of hydrogen-bond donors (Lipinski definition) is 2. The van der Waals surface area contributed by atoms with Crippen LogP contribution in [0.5, 0.6) is 0 Å². The smallest absolute Gasteiger partial charge is 0.244 e. The van der Waals surface area contributed by atoms with Crippen LogP contribution in [0.2, 0.25) is 0 Å². The van der Waals surface area contributed by atoms with Gasteiger partial charge in [-0.25, -0.2) is 0 Å². The Balaban J connectivity index is 1.56. The quantitative estimate of drug-likeness (QED) is 0.853. The summed E-state index contributed by atoms with van der Waals surface area (Å²) < 4.78 is 0. The molecule has 1 aliphatic rings. The fraction of sp³-hybridized carbons (Fsp3) is 0.250. The molecule has 0 bridgehead atoms. The van der Waals surface area contributed by atoms with Crippen molar-refractivity contribution in [3.63, 3.8) is 0 Å². The van der Waals surface area contributed by atoms with Crippen molar-refractivity contribution in [1.82, 2.24) is 5.32 Å². The highest BCUT2D eigenvalue weighted by molar-refractivity contribution is 5.91. The predicted octanol–water partition coefficient (Wildman–Crippen LogP) is 2.74. The fourth-order valence-corrected chi connectivity index (χ4v) is 2.98. The van der Waals surface area contributed by atoms with Gasteiger partial charge in [0.1, 0.15) is 0 Å². The molecular formula is C20H21NO2. The van der Waals surface area contributed by atoms with Crippen molar-refractivity contribution >= 4 is 12.0 Å². The Kier molecular flexibility index (Phi) is 4.58. The fourth-order valence-electron chi connectivity index (χ4n) is 2.98. The summed E-state index contributed by atoms with van der Waals surface area (Å²) in [6.45, 7) is 0.277. The minimum absolute atomic E-state index is 0.180. The molecule has 2 aromatic carbocycles. The molecule has 1 atom stereocenters. The summed E-state index contributed by atoms with van der Waals surface area (Å²) in [6, 6.07) is 17.9. The molecule has 0 saturated carbocycles. The maximum absolute atomic E-state index is 11.9. The Morgan fingerprint density at radius 2 is 1.78 bits per heavy atom. The van der Waals surface area contributed by atoms with Gasteiger partial charge in [0.05, 0.1) is 5.60 Å². The monoisotopic (exact) mass is 307 g/mol. The second-order valence-corrected chi connectivity index (χ2v) is 6.13. The average Bonchev–Trinajstić information content (AvgIpc) is 2.59. The van der Waals surface area contributed by atoms with E-state index in [1.807, 2.05) is 42.5 Å². The van der Waals surface area contributed by atoms with Crippen LogP contribution in [0.3, 0.4) is 0 Å². The Morgan fingerprint density at radius 1 is 1.09 bits per heavy atom. The topological polar surface area (TPSA) is 49.3 Å². The highest BCUT2D eigenvalue weighted by atomic mass is 16.3. The first kappa shape index (κ1) is 15.5. The van der Waals surface area contributed by atoms with E-state index in [1.165, 1.54) is 17.2 Å². The number of amides is 1. The largest absolute Gasteiger partial charge is 0.388 e. The molecule has 23 heavy (non-hydrogen) atoms.